The van der Waals surface area contributed by atoms with Gasteiger partial charge in [-0.2, -0.15) is 0 Å². The summed E-state index contributed by atoms with van der Waals surface area (Å²) < 4.78 is 7.32. The van der Waals surface area contributed by atoms with Gasteiger partial charge in [-0.05, 0) is 80.6 Å². The predicted octanol–water partition coefficient (Wildman–Crippen LogP) is 5.39. The van der Waals surface area contributed by atoms with E-state index in [1.165, 1.54) is 0 Å². The highest BCUT2D eigenvalue weighted by Crippen LogP contribution is 2.42. The molecular weight excluding hydrogens is 601 g/mol. The van der Waals surface area contributed by atoms with Gasteiger partial charge in [-0.15, -0.1) is 0 Å². The topological polar surface area (TPSA) is 66.8 Å². The maximum absolute atomic E-state index is 10.8. The molecule has 0 saturated heterocycles. The van der Waals surface area contributed by atoms with E-state index < -0.39 is 6.16 Å². The lowest BCUT2D eigenvalue weighted by Gasteiger charge is -2.15. The van der Waals surface area contributed by atoms with Crippen molar-refractivity contribution in [2.45, 2.75) is 39.0 Å². The number of phenols is 1. The van der Waals surface area contributed by atoms with E-state index >= 15 is 0 Å². The Hall–Kier alpha value is 0.480. The third kappa shape index (κ3) is 4.75. The van der Waals surface area contributed by atoms with Crippen molar-refractivity contribution in [3.63, 3.8) is 0 Å². The molecule has 112 valence electrons. The average Bonchev–Trinajstić information content (AvgIpc) is 2.41. The summed E-state index contributed by atoms with van der Waals surface area (Å²) in [7, 11) is 0. The lowest BCUT2D eigenvalue weighted by atomic mass is 10.0. The van der Waals surface area contributed by atoms with Gasteiger partial charge in [0.15, 0.2) is 11.5 Å². The Labute approximate surface area is 159 Å². The van der Waals surface area contributed by atoms with Crippen molar-refractivity contribution in [3.05, 3.63) is 16.3 Å². The summed E-state index contributed by atoms with van der Waals surface area (Å²) in [4.78, 5) is 10.8. The summed E-state index contributed by atoms with van der Waals surface area (Å²) in [6.45, 7) is 2.14. The molecule has 0 heterocycles. The summed E-state index contributed by atoms with van der Waals surface area (Å²) >= 11 is 6.34. The Morgan fingerprint density at radius 2 is 1.75 bits per heavy atom. The van der Waals surface area contributed by atoms with Crippen molar-refractivity contribution in [1.29, 1.82) is 0 Å². The number of carbonyl (C=O) groups is 1. The third-order valence-corrected chi connectivity index (χ3v) is 8.20. The van der Waals surface area contributed by atoms with E-state index in [0.717, 1.165) is 38.4 Å². The molecular formula is C13H15I3O4. The molecule has 1 rings (SSSR count). The molecule has 0 fully saturated rings. The van der Waals surface area contributed by atoms with E-state index in [2.05, 4.69) is 52.1 Å². The van der Waals surface area contributed by atoms with Gasteiger partial charge in [0.2, 0.25) is 0 Å². The molecule has 4 nitrogen and oxygen atoms in total. The van der Waals surface area contributed by atoms with Crippen LogP contribution in [0.1, 0.15) is 38.2 Å². The predicted molar refractivity (Wildman–Crippen MR) is 103 cm³/mol. The van der Waals surface area contributed by atoms with E-state index in [1.54, 1.807) is 0 Å². The molecule has 2 N–H and O–H groups in total. The summed E-state index contributed by atoms with van der Waals surface area (Å²) in [5.74, 6) is 0.00604. The first kappa shape index (κ1) is 18.5. The van der Waals surface area contributed by atoms with Crippen molar-refractivity contribution in [3.8, 4) is 11.5 Å². The van der Waals surface area contributed by atoms with Crippen LogP contribution in [-0.2, 0) is 6.42 Å². The van der Waals surface area contributed by atoms with Crippen molar-refractivity contribution in [2.75, 3.05) is 0 Å². The highest BCUT2D eigenvalue weighted by molar-refractivity contribution is 14.1. The number of benzene rings is 1. The zero-order chi connectivity index (χ0) is 15.3. The molecule has 0 aliphatic carbocycles. The van der Waals surface area contributed by atoms with Crippen LogP contribution in [0.3, 0.4) is 0 Å². The SMILES string of the molecule is CCCCCCc1c(I)c(I)c(I)c(O)c1OC(=O)O. The number of ether oxygens (including phenoxy) is 1. The molecule has 0 atom stereocenters. The number of hydrogen-bond acceptors (Lipinski definition) is 3. The van der Waals surface area contributed by atoms with Gasteiger partial charge in [0, 0.05) is 12.7 Å². The van der Waals surface area contributed by atoms with Crippen LogP contribution in [0.4, 0.5) is 4.79 Å². The molecule has 1 aromatic carbocycles. The molecule has 7 heteroatoms. The van der Waals surface area contributed by atoms with E-state index in [9.17, 15) is 9.90 Å². The summed E-state index contributed by atoms with van der Waals surface area (Å²) in [6.07, 6.45) is 3.65. The summed E-state index contributed by atoms with van der Waals surface area (Å²) in [5, 5.41) is 19.0. The third-order valence-electron chi connectivity index (χ3n) is 2.82. The second-order valence-electron chi connectivity index (χ2n) is 4.28. The largest absolute Gasteiger partial charge is 0.511 e. The van der Waals surface area contributed by atoms with E-state index in [4.69, 9.17) is 9.84 Å². The van der Waals surface area contributed by atoms with Gasteiger partial charge in [0.1, 0.15) is 0 Å². The number of halogens is 3. The first-order chi connectivity index (χ1) is 9.40. The first-order valence-electron chi connectivity index (χ1n) is 6.19. The quantitative estimate of drug-likeness (QED) is 0.148. The Bertz CT molecular complexity index is 503. The number of phenolic OH excluding ortho intramolecular Hbond substituents is 1. The lowest BCUT2D eigenvalue weighted by molar-refractivity contribution is 0.142. The maximum Gasteiger partial charge on any atom is 0.511 e. The fourth-order valence-corrected chi connectivity index (χ4v) is 4.22. The lowest BCUT2D eigenvalue weighted by Crippen LogP contribution is -2.09. The average molecular weight is 616 g/mol. The Morgan fingerprint density at radius 3 is 2.30 bits per heavy atom. The number of rotatable bonds is 6. The van der Waals surface area contributed by atoms with Gasteiger partial charge in [-0.3, -0.25) is 0 Å². The van der Waals surface area contributed by atoms with Gasteiger partial charge in [-0.1, -0.05) is 26.2 Å². The first-order valence-corrected chi connectivity index (χ1v) is 9.42. The van der Waals surface area contributed by atoms with Crippen LogP contribution in [0.15, 0.2) is 0 Å². The number of unbranched alkanes of at least 4 members (excludes halogenated alkanes) is 3. The van der Waals surface area contributed by atoms with Crippen molar-refractivity contribution in [2.24, 2.45) is 0 Å². The van der Waals surface area contributed by atoms with Crippen LogP contribution in [-0.4, -0.2) is 16.4 Å². The highest BCUT2D eigenvalue weighted by Gasteiger charge is 2.22. The fraction of sp³-hybridized carbons (Fsp3) is 0.462. The van der Waals surface area contributed by atoms with Crippen LogP contribution in [0.5, 0.6) is 11.5 Å². The number of aromatic hydroxyl groups is 1. The molecule has 0 unspecified atom stereocenters. The number of carboxylic acid groups (broad SMARTS) is 1. The molecule has 0 aliphatic heterocycles. The van der Waals surface area contributed by atoms with Gasteiger partial charge in [0.05, 0.1) is 3.57 Å². The molecule has 0 amide bonds. The van der Waals surface area contributed by atoms with Crippen molar-refractivity contribution >= 4 is 73.9 Å². The van der Waals surface area contributed by atoms with Crippen LogP contribution in [0.25, 0.3) is 0 Å². The van der Waals surface area contributed by atoms with Gasteiger partial charge < -0.3 is 14.9 Å². The standard InChI is InChI=1S/C13H15I3O4/c1-2-3-4-5-6-7-8(14)9(15)10(16)11(17)12(7)20-13(18)19/h17H,2-6H2,1H3,(H,18,19). The zero-order valence-electron chi connectivity index (χ0n) is 10.9. The maximum atomic E-state index is 10.8. The second-order valence-corrected chi connectivity index (χ2v) is 7.51. The highest BCUT2D eigenvalue weighted by atomic mass is 127. The van der Waals surface area contributed by atoms with Crippen molar-refractivity contribution < 1.29 is 19.7 Å². The molecule has 0 spiro atoms. The van der Waals surface area contributed by atoms with Crippen molar-refractivity contribution in [1.82, 2.24) is 0 Å². The van der Waals surface area contributed by atoms with Crippen LogP contribution >= 0.6 is 67.8 Å². The van der Waals surface area contributed by atoms with Crippen LogP contribution < -0.4 is 4.74 Å². The molecule has 1 aromatic rings. The molecule has 0 radical (unpaired) electrons. The normalized spacial score (nSPS) is 10.6. The summed E-state index contributed by atoms with van der Waals surface area (Å²) in [5.41, 5.74) is 0.784. The molecule has 0 aromatic heterocycles. The minimum atomic E-state index is -1.40. The van der Waals surface area contributed by atoms with E-state index in [1.807, 2.05) is 22.6 Å². The smallest absolute Gasteiger partial charge is 0.503 e. The Kier molecular flexibility index (Phi) is 8.16. The monoisotopic (exact) mass is 616 g/mol. The Balaban J connectivity index is 3.13. The molecule has 0 bridgehead atoms. The zero-order valence-corrected chi connectivity index (χ0v) is 17.4. The molecule has 0 saturated carbocycles. The number of hydrogen-bond donors (Lipinski definition) is 2. The second kappa shape index (κ2) is 8.81. The molecule has 0 aliphatic rings. The van der Waals surface area contributed by atoms with Gasteiger partial charge >= 0.3 is 6.16 Å². The fourth-order valence-electron chi connectivity index (χ4n) is 1.82. The van der Waals surface area contributed by atoms with Crippen LogP contribution in [0.2, 0.25) is 0 Å². The van der Waals surface area contributed by atoms with Crippen LogP contribution in [0, 0.1) is 10.7 Å². The minimum Gasteiger partial charge on any atom is -0.503 e. The Morgan fingerprint density at radius 1 is 1.10 bits per heavy atom. The molecule has 20 heavy (non-hydrogen) atoms. The minimum absolute atomic E-state index is 0.0803. The summed E-state index contributed by atoms with van der Waals surface area (Å²) in [6, 6.07) is 0. The van der Waals surface area contributed by atoms with Gasteiger partial charge in [-0.25, -0.2) is 4.79 Å². The van der Waals surface area contributed by atoms with Gasteiger partial charge in [0.25, 0.3) is 0 Å². The van der Waals surface area contributed by atoms with E-state index in [0.29, 0.717) is 9.99 Å². The van der Waals surface area contributed by atoms with E-state index in [-0.39, 0.29) is 11.5 Å².